The molecule has 0 atom stereocenters. The van der Waals surface area contributed by atoms with Gasteiger partial charge in [0.15, 0.2) is 0 Å². The minimum absolute atomic E-state index is 0. The number of halogens is 1. The highest BCUT2D eigenvalue weighted by molar-refractivity contribution is 7.85. The molecule has 0 amide bonds. The first-order valence-electron chi connectivity index (χ1n) is 5.76. The summed E-state index contributed by atoms with van der Waals surface area (Å²) in [5.41, 5.74) is 0. The zero-order valence-electron chi connectivity index (χ0n) is 11.0. The predicted molar refractivity (Wildman–Crippen MR) is 73.7 cm³/mol. The molecule has 0 spiro atoms. The molecule has 0 bridgehead atoms. The second kappa shape index (κ2) is 10.1. The van der Waals surface area contributed by atoms with E-state index in [1.54, 1.807) is 0 Å². The van der Waals surface area contributed by atoms with Gasteiger partial charge in [-0.05, 0) is 27.2 Å². The molecule has 0 aliphatic carbocycles. The monoisotopic (exact) mass is 322 g/mol. The van der Waals surface area contributed by atoms with E-state index in [4.69, 9.17) is 17.8 Å². The van der Waals surface area contributed by atoms with Gasteiger partial charge in [-0.25, -0.2) is 0 Å². The molecule has 0 aromatic rings. The van der Waals surface area contributed by atoms with Gasteiger partial charge in [-0.3, -0.25) is 4.55 Å². The van der Waals surface area contributed by atoms with Crippen molar-refractivity contribution < 1.29 is 26.2 Å². The van der Waals surface area contributed by atoms with E-state index in [1.807, 2.05) is 20.8 Å². The molecule has 0 heterocycles. The van der Waals surface area contributed by atoms with Gasteiger partial charge in [0.1, 0.15) is 0 Å². The fourth-order valence-corrected chi connectivity index (χ4v) is 4.85. The van der Waals surface area contributed by atoms with Gasteiger partial charge in [-0.15, -0.1) is 12.4 Å². The van der Waals surface area contributed by atoms with E-state index >= 15 is 0 Å². The van der Waals surface area contributed by atoms with Crippen molar-refractivity contribution in [2.24, 2.45) is 0 Å². The largest absolute Gasteiger partial charge is 0.500 e. The average molecular weight is 323 g/mol. The molecule has 0 aromatic carbocycles. The van der Waals surface area contributed by atoms with Crippen LogP contribution in [0, 0.1) is 0 Å². The Kier molecular flexibility index (Phi) is 11.6. The van der Waals surface area contributed by atoms with Gasteiger partial charge in [0, 0.05) is 25.9 Å². The van der Waals surface area contributed by atoms with Gasteiger partial charge in [-0.2, -0.15) is 8.42 Å². The molecule has 0 saturated carbocycles. The molecule has 0 fully saturated rings. The molecule has 0 aliphatic heterocycles. The zero-order chi connectivity index (χ0) is 13.4. The van der Waals surface area contributed by atoms with Crippen molar-refractivity contribution in [1.82, 2.24) is 0 Å². The molecular weight excluding hydrogens is 300 g/mol. The third-order valence-corrected chi connectivity index (χ3v) is 5.93. The molecule has 112 valence electrons. The van der Waals surface area contributed by atoms with E-state index in [2.05, 4.69) is 0 Å². The molecule has 0 radical (unpaired) electrons. The highest BCUT2D eigenvalue weighted by Gasteiger charge is 2.39. The van der Waals surface area contributed by atoms with Crippen LogP contribution in [-0.2, 0) is 23.4 Å². The molecular formula is C9H23ClO6SSi. The summed E-state index contributed by atoms with van der Waals surface area (Å²) in [6.07, 6.45) is 0.269. The summed E-state index contributed by atoms with van der Waals surface area (Å²) in [5, 5.41) is 0. The van der Waals surface area contributed by atoms with E-state index in [1.165, 1.54) is 0 Å². The van der Waals surface area contributed by atoms with Gasteiger partial charge in [0.25, 0.3) is 10.1 Å². The Balaban J connectivity index is 0. The molecule has 1 N–H and O–H groups in total. The molecule has 0 unspecified atom stereocenters. The smallest absolute Gasteiger partial charge is 0.374 e. The van der Waals surface area contributed by atoms with Gasteiger partial charge < -0.3 is 13.3 Å². The van der Waals surface area contributed by atoms with Crippen LogP contribution in [0.25, 0.3) is 0 Å². The summed E-state index contributed by atoms with van der Waals surface area (Å²) in [5.74, 6) is -0.297. The van der Waals surface area contributed by atoms with Gasteiger partial charge in [-0.1, -0.05) is 0 Å². The van der Waals surface area contributed by atoms with Crippen LogP contribution in [0.3, 0.4) is 0 Å². The Hall–Kier alpha value is 0.297. The fraction of sp³-hybridized carbons (Fsp3) is 1.00. The van der Waals surface area contributed by atoms with Gasteiger partial charge in [0.05, 0.1) is 5.75 Å². The molecule has 0 saturated heterocycles. The first kappa shape index (κ1) is 20.6. The predicted octanol–water partition coefficient (Wildman–Crippen LogP) is 1.73. The van der Waals surface area contributed by atoms with Crippen molar-refractivity contribution in [3.05, 3.63) is 0 Å². The minimum Gasteiger partial charge on any atom is -0.374 e. The average Bonchev–Trinajstić information content (AvgIpc) is 2.16. The van der Waals surface area contributed by atoms with E-state index in [0.717, 1.165) is 0 Å². The van der Waals surface area contributed by atoms with Crippen LogP contribution in [0.5, 0.6) is 0 Å². The highest BCUT2D eigenvalue weighted by atomic mass is 35.5. The standard InChI is InChI=1S/C9H22O6SSi.ClH/c1-4-13-17(14-5-2,15-6-3)9-7-8-16(10,11)12;/h4-9H2,1-3H3,(H,10,11,12);1H. The number of hydrogen-bond acceptors (Lipinski definition) is 5. The van der Waals surface area contributed by atoms with Crippen LogP contribution in [0.2, 0.25) is 6.04 Å². The third-order valence-electron chi connectivity index (χ3n) is 1.98. The zero-order valence-corrected chi connectivity index (χ0v) is 13.7. The van der Waals surface area contributed by atoms with Crippen molar-refractivity contribution in [1.29, 1.82) is 0 Å². The third kappa shape index (κ3) is 9.26. The van der Waals surface area contributed by atoms with E-state index < -0.39 is 18.9 Å². The summed E-state index contributed by atoms with van der Waals surface area (Å²) in [4.78, 5) is 0. The Morgan fingerprint density at radius 2 is 1.39 bits per heavy atom. The topological polar surface area (TPSA) is 82.1 Å². The molecule has 0 rings (SSSR count). The molecule has 0 aliphatic rings. The van der Waals surface area contributed by atoms with Crippen molar-refractivity contribution in [3.63, 3.8) is 0 Å². The maximum absolute atomic E-state index is 10.6. The fourth-order valence-electron chi connectivity index (χ4n) is 1.47. The van der Waals surface area contributed by atoms with E-state index in [9.17, 15) is 8.42 Å². The van der Waals surface area contributed by atoms with Gasteiger partial charge >= 0.3 is 8.80 Å². The van der Waals surface area contributed by atoms with Crippen molar-refractivity contribution in [2.45, 2.75) is 33.2 Å². The summed E-state index contributed by atoms with van der Waals surface area (Å²) in [7, 11) is -6.71. The van der Waals surface area contributed by atoms with Crippen LogP contribution >= 0.6 is 12.4 Å². The maximum atomic E-state index is 10.6. The van der Waals surface area contributed by atoms with Gasteiger partial charge in [0.2, 0.25) is 0 Å². The molecule has 0 aromatic heterocycles. The van der Waals surface area contributed by atoms with Crippen molar-refractivity contribution in [2.75, 3.05) is 25.6 Å². The van der Waals surface area contributed by atoms with E-state index in [0.29, 0.717) is 25.9 Å². The highest BCUT2D eigenvalue weighted by Crippen LogP contribution is 2.18. The molecule has 18 heavy (non-hydrogen) atoms. The summed E-state index contributed by atoms with van der Waals surface area (Å²) in [6.45, 7) is 6.88. The lowest BCUT2D eigenvalue weighted by Crippen LogP contribution is -2.46. The quantitative estimate of drug-likeness (QED) is 0.487. The summed E-state index contributed by atoms with van der Waals surface area (Å²) >= 11 is 0. The lowest BCUT2D eigenvalue weighted by molar-refractivity contribution is 0.0712. The second-order valence-electron chi connectivity index (χ2n) is 3.37. The van der Waals surface area contributed by atoms with Crippen molar-refractivity contribution in [3.8, 4) is 0 Å². The first-order chi connectivity index (χ1) is 7.89. The Labute approximate surface area is 117 Å². The normalized spacial score (nSPS) is 12.2. The van der Waals surface area contributed by atoms with Crippen LogP contribution in [-0.4, -0.2) is 47.3 Å². The first-order valence-corrected chi connectivity index (χ1v) is 9.30. The van der Waals surface area contributed by atoms with E-state index in [-0.39, 0.29) is 24.6 Å². The number of rotatable bonds is 10. The Morgan fingerprint density at radius 1 is 1.00 bits per heavy atom. The van der Waals surface area contributed by atoms with Crippen LogP contribution < -0.4 is 0 Å². The summed E-state index contributed by atoms with van der Waals surface area (Å²) in [6, 6.07) is 0.391. The van der Waals surface area contributed by atoms with Crippen LogP contribution in [0.4, 0.5) is 0 Å². The Bertz CT molecular complexity index is 280. The van der Waals surface area contributed by atoms with Crippen molar-refractivity contribution >= 4 is 31.3 Å². The lowest BCUT2D eigenvalue weighted by atomic mass is 10.6. The summed E-state index contributed by atoms with van der Waals surface area (Å²) < 4.78 is 46.6. The van der Waals surface area contributed by atoms with Crippen LogP contribution in [0.1, 0.15) is 27.2 Å². The Morgan fingerprint density at radius 3 is 1.67 bits per heavy atom. The second-order valence-corrected chi connectivity index (χ2v) is 7.68. The maximum Gasteiger partial charge on any atom is 0.500 e. The number of hydrogen-bond donors (Lipinski definition) is 1. The molecule has 6 nitrogen and oxygen atoms in total. The minimum atomic E-state index is -3.94. The van der Waals surface area contributed by atoms with Crippen LogP contribution in [0.15, 0.2) is 0 Å². The lowest BCUT2D eigenvalue weighted by Gasteiger charge is -2.28. The SMILES string of the molecule is CCO[Si](CCCS(=O)(=O)O)(OCC)OCC.Cl. The molecule has 9 heteroatoms.